The molecule has 0 radical (unpaired) electrons. The van der Waals surface area contributed by atoms with E-state index in [0.717, 1.165) is 23.4 Å². The highest BCUT2D eigenvalue weighted by atomic mass is 127. The minimum Gasteiger partial charge on any atom is -0.491 e. The van der Waals surface area contributed by atoms with Crippen LogP contribution in [0.4, 0.5) is 11.4 Å². The maximum absolute atomic E-state index is 10.8. The molecule has 0 unspecified atom stereocenters. The molecule has 0 aliphatic rings. The zero-order chi connectivity index (χ0) is 23.2. The number of hydrogen-bond acceptors (Lipinski definition) is 6. The second-order valence-corrected chi connectivity index (χ2v) is 7.29. The Hall–Kier alpha value is -2.44. The number of nitro groups is 1. The van der Waals surface area contributed by atoms with Gasteiger partial charge in [0.1, 0.15) is 5.75 Å². The number of guanidine groups is 1. The van der Waals surface area contributed by atoms with Gasteiger partial charge in [-0.15, -0.1) is 24.0 Å². The molecule has 33 heavy (non-hydrogen) atoms. The number of rotatable bonds is 13. The number of halogens is 1. The first-order valence-corrected chi connectivity index (χ1v) is 10.6. The molecule has 9 nitrogen and oxygen atoms in total. The Balaban J connectivity index is 0.00000544. The topological polar surface area (TPSA) is 107 Å². The summed E-state index contributed by atoms with van der Waals surface area (Å²) in [5, 5.41) is 17.4. The number of nitrogens with zero attached hydrogens (tertiary/aromatic N) is 2. The van der Waals surface area contributed by atoms with Crippen LogP contribution in [0.15, 0.2) is 53.5 Å². The number of anilines is 1. The molecule has 0 bridgehead atoms. The van der Waals surface area contributed by atoms with Gasteiger partial charge in [0, 0.05) is 38.1 Å². The Morgan fingerprint density at radius 3 is 2.36 bits per heavy atom. The summed E-state index contributed by atoms with van der Waals surface area (Å²) in [6, 6.07) is 14.0. The average Bonchev–Trinajstić information content (AvgIpc) is 2.77. The second kappa shape index (κ2) is 16.2. The van der Waals surface area contributed by atoms with Gasteiger partial charge in [0.15, 0.2) is 5.96 Å². The van der Waals surface area contributed by atoms with Crippen molar-refractivity contribution in [2.45, 2.75) is 32.9 Å². The molecule has 2 aromatic rings. The van der Waals surface area contributed by atoms with Crippen molar-refractivity contribution in [2.24, 2.45) is 4.99 Å². The predicted molar refractivity (Wildman–Crippen MR) is 141 cm³/mol. The van der Waals surface area contributed by atoms with Crippen molar-refractivity contribution in [2.75, 3.05) is 38.8 Å². The normalized spacial score (nSPS) is 11.1. The molecule has 0 fully saturated rings. The zero-order valence-corrected chi connectivity index (χ0v) is 21.6. The monoisotopic (exact) mass is 572 g/mol. The molecule has 0 spiro atoms. The summed E-state index contributed by atoms with van der Waals surface area (Å²) in [6.07, 6.45) is 0.920. The van der Waals surface area contributed by atoms with Gasteiger partial charge in [-0.05, 0) is 50.1 Å². The molecular formula is C23H33IN4O5. The molecule has 0 saturated heterocycles. The molecule has 10 heteroatoms. The first-order chi connectivity index (χ1) is 15.5. The summed E-state index contributed by atoms with van der Waals surface area (Å²) >= 11 is 0. The van der Waals surface area contributed by atoms with E-state index in [-0.39, 0.29) is 35.8 Å². The fourth-order valence-corrected chi connectivity index (χ4v) is 2.68. The standard InChI is InChI=1S/C23H32N4O5.HI/c1-18(2)32-22-11-7-20(8-12-22)26-23(24-13-4-14-31-16-15-30-3)25-17-19-5-9-21(10-6-19)27(28)29;/h5-12,18H,4,13-17H2,1-3H3,(H2,24,25,26);1H. The zero-order valence-electron chi connectivity index (χ0n) is 19.3. The van der Waals surface area contributed by atoms with E-state index in [2.05, 4.69) is 15.6 Å². The first kappa shape index (κ1) is 28.6. The maximum Gasteiger partial charge on any atom is 0.269 e. The van der Waals surface area contributed by atoms with E-state index in [9.17, 15) is 10.1 Å². The molecule has 0 saturated carbocycles. The predicted octanol–water partition coefficient (Wildman–Crippen LogP) is 4.61. The molecule has 182 valence electrons. The highest BCUT2D eigenvalue weighted by Gasteiger charge is 2.05. The molecule has 0 aliphatic heterocycles. The van der Waals surface area contributed by atoms with Crippen LogP contribution in [0.1, 0.15) is 25.8 Å². The van der Waals surface area contributed by atoms with E-state index in [0.29, 0.717) is 38.9 Å². The van der Waals surface area contributed by atoms with Gasteiger partial charge in [0.25, 0.3) is 5.69 Å². The van der Waals surface area contributed by atoms with Gasteiger partial charge >= 0.3 is 0 Å². The fraction of sp³-hybridized carbons (Fsp3) is 0.435. The summed E-state index contributed by atoms with van der Waals surface area (Å²) < 4.78 is 16.1. The van der Waals surface area contributed by atoms with Crippen molar-refractivity contribution < 1.29 is 19.1 Å². The Labute approximate surface area is 212 Å². The molecule has 0 heterocycles. The highest BCUT2D eigenvalue weighted by Crippen LogP contribution is 2.17. The van der Waals surface area contributed by atoms with E-state index in [1.54, 1.807) is 19.2 Å². The van der Waals surface area contributed by atoms with Gasteiger partial charge in [-0.25, -0.2) is 4.99 Å². The van der Waals surface area contributed by atoms with Crippen LogP contribution in [-0.4, -0.2) is 50.5 Å². The average molecular weight is 572 g/mol. The minimum absolute atomic E-state index is 0. The maximum atomic E-state index is 10.8. The van der Waals surface area contributed by atoms with Gasteiger partial charge in [-0.1, -0.05) is 12.1 Å². The van der Waals surface area contributed by atoms with Gasteiger partial charge in [0.2, 0.25) is 0 Å². The molecule has 0 atom stereocenters. The van der Waals surface area contributed by atoms with Gasteiger partial charge < -0.3 is 24.8 Å². The number of hydrogen-bond donors (Lipinski definition) is 2. The fourth-order valence-electron chi connectivity index (χ4n) is 2.68. The van der Waals surface area contributed by atoms with Crippen molar-refractivity contribution in [1.29, 1.82) is 0 Å². The van der Waals surface area contributed by atoms with Crippen molar-refractivity contribution >= 4 is 41.3 Å². The van der Waals surface area contributed by atoms with Crippen molar-refractivity contribution in [1.82, 2.24) is 5.32 Å². The lowest BCUT2D eigenvalue weighted by atomic mass is 10.2. The SMILES string of the molecule is COCCOCCCNC(=NCc1ccc([N+](=O)[O-])cc1)Nc1ccc(OC(C)C)cc1.I. The molecular weight excluding hydrogens is 539 g/mol. The molecule has 0 aliphatic carbocycles. The summed E-state index contributed by atoms with van der Waals surface area (Å²) in [6.45, 7) is 6.79. The summed E-state index contributed by atoms with van der Waals surface area (Å²) in [4.78, 5) is 15.0. The third-order valence-electron chi connectivity index (χ3n) is 4.25. The lowest BCUT2D eigenvalue weighted by Gasteiger charge is -2.14. The number of benzene rings is 2. The Morgan fingerprint density at radius 1 is 1.06 bits per heavy atom. The van der Waals surface area contributed by atoms with Crippen LogP contribution in [-0.2, 0) is 16.0 Å². The number of methoxy groups -OCH3 is 1. The third kappa shape index (κ3) is 11.8. The van der Waals surface area contributed by atoms with Crippen LogP contribution < -0.4 is 15.4 Å². The van der Waals surface area contributed by atoms with Crippen LogP contribution in [0.5, 0.6) is 5.75 Å². The summed E-state index contributed by atoms with van der Waals surface area (Å²) in [5.74, 6) is 1.41. The minimum atomic E-state index is -0.414. The Bertz CT molecular complexity index is 845. The van der Waals surface area contributed by atoms with Crippen LogP contribution in [0.2, 0.25) is 0 Å². The van der Waals surface area contributed by atoms with Crippen LogP contribution >= 0.6 is 24.0 Å². The molecule has 2 N–H and O–H groups in total. The van der Waals surface area contributed by atoms with E-state index < -0.39 is 4.92 Å². The summed E-state index contributed by atoms with van der Waals surface area (Å²) in [7, 11) is 1.64. The van der Waals surface area contributed by atoms with Crippen LogP contribution in [0, 0.1) is 10.1 Å². The number of nitro benzene ring substituents is 1. The molecule has 0 aromatic heterocycles. The lowest BCUT2D eigenvalue weighted by molar-refractivity contribution is -0.384. The van der Waals surface area contributed by atoms with Crippen LogP contribution in [0.3, 0.4) is 0 Å². The van der Waals surface area contributed by atoms with Gasteiger partial charge in [-0.3, -0.25) is 10.1 Å². The van der Waals surface area contributed by atoms with Crippen molar-refractivity contribution in [3.8, 4) is 5.75 Å². The largest absolute Gasteiger partial charge is 0.491 e. The van der Waals surface area contributed by atoms with Gasteiger partial charge in [0.05, 0.1) is 30.8 Å². The lowest BCUT2D eigenvalue weighted by Crippen LogP contribution is -2.32. The van der Waals surface area contributed by atoms with Crippen molar-refractivity contribution in [3.63, 3.8) is 0 Å². The first-order valence-electron chi connectivity index (χ1n) is 10.6. The van der Waals surface area contributed by atoms with E-state index in [1.807, 2.05) is 38.1 Å². The molecule has 0 amide bonds. The number of aliphatic imine (C=N–C) groups is 1. The highest BCUT2D eigenvalue weighted by molar-refractivity contribution is 14.0. The Kier molecular flexibility index (Phi) is 14.1. The number of ether oxygens (including phenoxy) is 3. The number of nitrogens with one attached hydrogen (secondary N) is 2. The van der Waals surface area contributed by atoms with Crippen molar-refractivity contribution in [3.05, 3.63) is 64.2 Å². The van der Waals surface area contributed by atoms with Gasteiger partial charge in [-0.2, -0.15) is 0 Å². The van der Waals surface area contributed by atoms with Crippen LogP contribution in [0.25, 0.3) is 0 Å². The molecule has 2 rings (SSSR count). The second-order valence-electron chi connectivity index (χ2n) is 7.29. The third-order valence-corrected chi connectivity index (χ3v) is 4.25. The smallest absolute Gasteiger partial charge is 0.269 e. The summed E-state index contributed by atoms with van der Waals surface area (Å²) in [5.41, 5.74) is 1.80. The van der Waals surface area contributed by atoms with E-state index in [1.165, 1.54) is 12.1 Å². The number of non-ortho nitro benzene ring substituents is 1. The Morgan fingerprint density at radius 2 is 1.76 bits per heavy atom. The quantitative estimate of drug-likeness (QED) is 0.0902. The van der Waals surface area contributed by atoms with E-state index in [4.69, 9.17) is 14.2 Å². The molecule has 2 aromatic carbocycles. The van der Waals surface area contributed by atoms with E-state index >= 15 is 0 Å².